The molecule has 0 atom stereocenters. The molecule has 0 bridgehead atoms. The summed E-state index contributed by atoms with van der Waals surface area (Å²) in [5, 5.41) is 0. The van der Waals surface area contributed by atoms with E-state index in [4.69, 9.17) is 15.5 Å². The average molecular weight is 205 g/mol. The molecule has 2 aliphatic rings. The van der Waals surface area contributed by atoms with Gasteiger partial charge in [-0.05, 0) is 18.4 Å². The van der Waals surface area contributed by atoms with Gasteiger partial charge in [0.1, 0.15) is 5.75 Å². The Morgan fingerprint density at radius 2 is 2.27 bits per heavy atom. The maximum Gasteiger partial charge on any atom is 0.126 e. The highest BCUT2D eigenvalue weighted by Crippen LogP contribution is 2.52. The third-order valence-corrected chi connectivity index (χ3v) is 3.50. The van der Waals surface area contributed by atoms with Crippen LogP contribution in [0, 0.1) is 0 Å². The minimum absolute atomic E-state index is 0.143. The van der Waals surface area contributed by atoms with Gasteiger partial charge in [0.15, 0.2) is 0 Å². The van der Waals surface area contributed by atoms with Crippen molar-refractivity contribution >= 4 is 0 Å². The first-order valence-electron chi connectivity index (χ1n) is 5.43. The van der Waals surface area contributed by atoms with E-state index in [1.807, 2.05) is 0 Å². The molecule has 1 aromatic carbocycles. The number of fused-ring (bicyclic) bond motifs is 1. The lowest BCUT2D eigenvalue weighted by Crippen LogP contribution is -2.18. The summed E-state index contributed by atoms with van der Waals surface area (Å²) in [5.41, 5.74) is 2.77. The van der Waals surface area contributed by atoms with Crippen molar-refractivity contribution in [1.82, 2.24) is 0 Å². The second-order valence-corrected chi connectivity index (χ2v) is 4.48. The molecule has 1 aliphatic heterocycles. The zero-order chi connectivity index (χ0) is 10.3. The van der Waals surface area contributed by atoms with Gasteiger partial charge in [0, 0.05) is 17.4 Å². The number of rotatable bonds is 3. The van der Waals surface area contributed by atoms with Crippen LogP contribution in [0.4, 0.5) is 0 Å². The number of para-hydroxylation sites is 1. The van der Waals surface area contributed by atoms with Gasteiger partial charge in [-0.3, -0.25) is 0 Å². The number of hydrogen-bond acceptors (Lipinski definition) is 3. The Kier molecular flexibility index (Phi) is 1.97. The molecular formula is C12H15NO2. The SMILES string of the molecule is NOCC1(c2cccc3c2OCC3)CC1. The molecule has 2 N–H and O–H groups in total. The highest BCUT2D eigenvalue weighted by Gasteiger charge is 2.47. The van der Waals surface area contributed by atoms with Gasteiger partial charge in [-0.1, -0.05) is 18.2 Å². The van der Waals surface area contributed by atoms with Crippen molar-refractivity contribution in [2.75, 3.05) is 13.2 Å². The lowest BCUT2D eigenvalue weighted by atomic mass is 9.94. The maximum absolute atomic E-state index is 5.71. The molecule has 1 saturated carbocycles. The predicted molar refractivity (Wildman–Crippen MR) is 56.7 cm³/mol. The van der Waals surface area contributed by atoms with Crippen molar-refractivity contribution in [2.24, 2.45) is 5.90 Å². The zero-order valence-electron chi connectivity index (χ0n) is 8.66. The fraction of sp³-hybridized carbons (Fsp3) is 0.500. The van der Waals surface area contributed by atoms with E-state index in [1.165, 1.54) is 11.1 Å². The normalized spacial score (nSPS) is 20.9. The average Bonchev–Trinajstić information content (AvgIpc) is 2.88. The summed E-state index contributed by atoms with van der Waals surface area (Å²) in [6.07, 6.45) is 3.34. The molecule has 3 heteroatoms. The number of hydrogen-bond donors (Lipinski definition) is 1. The van der Waals surface area contributed by atoms with E-state index in [-0.39, 0.29) is 5.41 Å². The van der Waals surface area contributed by atoms with E-state index >= 15 is 0 Å². The smallest absolute Gasteiger partial charge is 0.126 e. The monoisotopic (exact) mass is 205 g/mol. The largest absolute Gasteiger partial charge is 0.493 e. The number of benzene rings is 1. The Labute approximate surface area is 89.1 Å². The number of nitrogens with two attached hydrogens (primary N) is 1. The fourth-order valence-corrected chi connectivity index (χ4v) is 2.43. The minimum Gasteiger partial charge on any atom is -0.493 e. The van der Waals surface area contributed by atoms with Crippen molar-refractivity contribution in [2.45, 2.75) is 24.7 Å². The van der Waals surface area contributed by atoms with Crippen LogP contribution in [-0.4, -0.2) is 13.2 Å². The third kappa shape index (κ3) is 1.34. The predicted octanol–water partition coefficient (Wildman–Crippen LogP) is 1.54. The molecule has 1 fully saturated rings. The Bertz CT molecular complexity index is 385. The minimum atomic E-state index is 0.143. The molecule has 1 aromatic rings. The zero-order valence-corrected chi connectivity index (χ0v) is 8.66. The van der Waals surface area contributed by atoms with Gasteiger partial charge in [0.2, 0.25) is 0 Å². The number of ether oxygens (including phenoxy) is 1. The van der Waals surface area contributed by atoms with E-state index in [2.05, 4.69) is 18.2 Å². The van der Waals surface area contributed by atoms with Crippen molar-refractivity contribution in [3.8, 4) is 5.75 Å². The van der Waals surface area contributed by atoms with Crippen molar-refractivity contribution in [3.63, 3.8) is 0 Å². The van der Waals surface area contributed by atoms with Crippen LogP contribution >= 0.6 is 0 Å². The van der Waals surface area contributed by atoms with Gasteiger partial charge in [-0.25, -0.2) is 5.90 Å². The van der Waals surface area contributed by atoms with Gasteiger partial charge in [-0.15, -0.1) is 0 Å². The van der Waals surface area contributed by atoms with Crippen molar-refractivity contribution in [3.05, 3.63) is 29.3 Å². The topological polar surface area (TPSA) is 44.5 Å². The van der Waals surface area contributed by atoms with Crippen LogP contribution in [0.25, 0.3) is 0 Å². The van der Waals surface area contributed by atoms with Crippen LogP contribution in [0.1, 0.15) is 24.0 Å². The van der Waals surface area contributed by atoms with Crippen LogP contribution < -0.4 is 10.6 Å². The summed E-state index contributed by atoms with van der Waals surface area (Å²) >= 11 is 0. The first-order chi connectivity index (χ1) is 7.36. The molecule has 15 heavy (non-hydrogen) atoms. The Morgan fingerprint density at radius 3 is 3.00 bits per heavy atom. The third-order valence-electron chi connectivity index (χ3n) is 3.50. The maximum atomic E-state index is 5.71. The second kappa shape index (κ2) is 3.22. The van der Waals surface area contributed by atoms with Crippen LogP contribution in [0.2, 0.25) is 0 Å². The van der Waals surface area contributed by atoms with E-state index in [0.717, 1.165) is 31.6 Å². The standard InChI is InChI=1S/C12H15NO2/c13-15-8-12(5-6-12)10-3-1-2-9-4-7-14-11(9)10/h1-3H,4-8,13H2. The van der Waals surface area contributed by atoms with Crippen LogP contribution in [0.15, 0.2) is 18.2 Å². The molecule has 0 unspecified atom stereocenters. The first-order valence-corrected chi connectivity index (χ1v) is 5.43. The molecule has 0 radical (unpaired) electrons. The van der Waals surface area contributed by atoms with E-state index in [1.54, 1.807) is 0 Å². The first kappa shape index (κ1) is 9.19. The summed E-state index contributed by atoms with van der Waals surface area (Å²) in [4.78, 5) is 4.83. The van der Waals surface area contributed by atoms with Gasteiger partial charge in [0.05, 0.1) is 13.2 Å². The van der Waals surface area contributed by atoms with Crippen LogP contribution in [0.5, 0.6) is 5.75 Å². The fourth-order valence-electron chi connectivity index (χ4n) is 2.43. The van der Waals surface area contributed by atoms with Gasteiger partial charge in [0.25, 0.3) is 0 Å². The van der Waals surface area contributed by atoms with E-state index < -0.39 is 0 Å². The summed E-state index contributed by atoms with van der Waals surface area (Å²) < 4.78 is 5.71. The molecular weight excluding hydrogens is 190 g/mol. The molecule has 1 heterocycles. The molecule has 0 aromatic heterocycles. The Balaban J connectivity index is 2.02. The van der Waals surface area contributed by atoms with Crippen molar-refractivity contribution < 1.29 is 9.57 Å². The Morgan fingerprint density at radius 1 is 1.40 bits per heavy atom. The molecule has 0 amide bonds. The molecule has 0 saturated heterocycles. The second-order valence-electron chi connectivity index (χ2n) is 4.48. The van der Waals surface area contributed by atoms with Gasteiger partial charge in [-0.2, -0.15) is 0 Å². The lowest BCUT2D eigenvalue weighted by Gasteiger charge is -2.17. The van der Waals surface area contributed by atoms with Crippen molar-refractivity contribution in [1.29, 1.82) is 0 Å². The molecule has 0 spiro atoms. The van der Waals surface area contributed by atoms with E-state index in [0.29, 0.717) is 6.61 Å². The molecule has 1 aliphatic carbocycles. The quantitative estimate of drug-likeness (QED) is 0.761. The highest BCUT2D eigenvalue weighted by atomic mass is 16.6. The summed E-state index contributed by atoms with van der Waals surface area (Å²) in [7, 11) is 0. The van der Waals surface area contributed by atoms with Crippen LogP contribution in [-0.2, 0) is 16.7 Å². The molecule has 3 nitrogen and oxygen atoms in total. The highest BCUT2D eigenvalue weighted by molar-refractivity contribution is 5.50. The Hall–Kier alpha value is -1.06. The summed E-state index contributed by atoms with van der Waals surface area (Å²) in [5.74, 6) is 6.29. The summed E-state index contributed by atoms with van der Waals surface area (Å²) in [6, 6.07) is 6.40. The van der Waals surface area contributed by atoms with Gasteiger partial charge >= 0.3 is 0 Å². The molecule has 3 rings (SSSR count). The van der Waals surface area contributed by atoms with E-state index in [9.17, 15) is 0 Å². The molecule has 80 valence electrons. The van der Waals surface area contributed by atoms with Gasteiger partial charge < -0.3 is 9.57 Å². The lowest BCUT2D eigenvalue weighted by molar-refractivity contribution is 0.115. The van der Waals surface area contributed by atoms with Crippen LogP contribution in [0.3, 0.4) is 0 Å². The summed E-state index contributed by atoms with van der Waals surface area (Å²) in [6.45, 7) is 1.42.